The fourth-order valence-electron chi connectivity index (χ4n) is 3.68. The fourth-order valence-corrected chi connectivity index (χ4v) is 3.68. The Labute approximate surface area is 112 Å². The first-order valence-electron chi connectivity index (χ1n) is 7.15. The van der Waals surface area contributed by atoms with E-state index in [4.69, 9.17) is 15.2 Å². The van der Waals surface area contributed by atoms with Crippen molar-refractivity contribution in [2.45, 2.75) is 83.6 Å². The van der Waals surface area contributed by atoms with Gasteiger partial charge in [0.05, 0.1) is 16.8 Å². The van der Waals surface area contributed by atoms with Crippen molar-refractivity contribution in [1.82, 2.24) is 0 Å². The molecule has 1 aliphatic rings. The average Bonchev–Trinajstić information content (AvgIpc) is 2.49. The number of ether oxygens (including phenoxy) is 2. The molecule has 0 aromatic heterocycles. The van der Waals surface area contributed by atoms with Gasteiger partial charge >= 0.3 is 0 Å². The molecule has 1 fully saturated rings. The Morgan fingerprint density at radius 3 is 2.06 bits per heavy atom. The number of nitrogens with two attached hydrogens (primary N) is 1. The van der Waals surface area contributed by atoms with Crippen LogP contribution in [0.5, 0.6) is 0 Å². The van der Waals surface area contributed by atoms with E-state index < -0.39 is 0 Å². The Morgan fingerprint density at radius 2 is 1.78 bits per heavy atom. The molecular formula is C15H31NO2. The minimum atomic E-state index is -0.230. The van der Waals surface area contributed by atoms with Gasteiger partial charge in [-0.25, -0.2) is 0 Å². The van der Waals surface area contributed by atoms with E-state index >= 15 is 0 Å². The molecule has 0 aliphatic carbocycles. The van der Waals surface area contributed by atoms with Gasteiger partial charge in [-0.05, 0) is 47.0 Å². The van der Waals surface area contributed by atoms with Crippen molar-refractivity contribution in [2.75, 3.05) is 7.11 Å². The third kappa shape index (κ3) is 2.73. The summed E-state index contributed by atoms with van der Waals surface area (Å²) in [7, 11) is 1.78. The van der Waals surface area contributed by atoms with Crippen LogP contribution in [-0.2, 0) is 9.47 Å². The molecule has 1 aliphatic heterocycles. The molecule has 2 atom stereocenters. The van der Waals surface area contributed by atoms with Gasteiger partial charge in [0, 0.05) is 19.1 Å². The molecule has 1 heterocycles. The normalized spacial score (nSPS) is 28.3. The summed E-state index contributed by atoms with van der Waals surface area (Å²) < 4.78 is 12.0. The first kappa shape index (κ1) is 15.9. The van der Waals surface area contributed by atoms with E-state index in [0.717, 1.165) is 19.3 Å². The predicted octanol–water partition coefficient (Wildman–Crippen LogP) is 3.11. The summed E-state index contributed by atoms with van der Waals surface area (Å²) >= 11 is 0. The third-order valence-electron chi connectivity index (χ3n) is 4.79. The highest BCUT2D eigenvalue weighted by atomic mass is 16.5. The van der Waals surface area contributed by atoms with E-state index in [-0.39, 0.29) is 22.8 Å². The van der Waals surface area contributed by atoms with Gasteiger partial charge < -0.3 is 15.2 Å². The van der Waals surface area contributed by atoms with E-state index in [1.807, 2.05) is 0 Å². The Hall–Kier alpha value is -0.120. The summed E-state index contributed by atoms with van der Waals surface area (Å²) in [6.45, 7) is 12.9. The Morgan fingerprint density at radius 1 is 1.28 bits per heavy atom. The lowest BCUT2D eigenvalue weighted by Gasteiger charge is -2.42. The molecule has 18 heavy (non-hydrogen) atoms. The van der Waals surface area contributed by atoms with Crippen molar-refractivity contribution in [2.24, 2.45) is 11.7 Å². The monoisotopic (exact) mass is 257 g/mol. The number of rotatable bonds is 5. The molecule has 3 heteroatoms. The first-order valence-corrected chi connectivity index (χ1v) is 7.15. The van der Waals surface area contributed by atoms with E-state index in [9.17, 15) is 0 Å². The second-order valence-electron chi connectivity index (χ2n) is 6.78. The highest BCUT2D eigenvalue weighted by molar-refractivity contribution is 5.05. The van der Waals surface area contributed by atoms with Gasteiger partial charge in [0.15, 0.2) is 0 Å². The lowest BCUT2D eigenvalue weighted by molar-refractivity contribution is -0.0994. The zero-order valence-electron chi connectivity index (χ0n) is 13.2. The zero-order chi connectivity index (χ0) is 14.2. The molecule has 0 spiro atoms. The van der Waals surface area contributed by atoms with E-state index in [0.29, 0.717) is 5.92 Å². The molecule has 0 amide bonds. The number of hydrogen-bond acceptors (Lipinski definition) is 3. The smallest absolute Gasteiger partial charge is 0.0827 e. The van der Waals surface area contributed by atoms with Gasteiger partial charge in [-0.2, -0.15) is 0 Å². The molecule has 0 radical (unpaired) electrons. The molecule has 1 saturated heterocycles. The molecule has 3 nitrogen and oxygen atoms in total. The van der Waals surface area contributed by atoms with Crippen LogP contribution in [0.1, 0.15) is 60.8 Å². The summed E-state index contributed by atoms with van der Waals surface area (Å²) in [6, 6.07) is 0.00859. The molecule has 0 saturated carbocycles. The lowest BCUT2D eigenvalue weighted by Crippen LogP contribution is -2.56. The van der Waals surface area contributed by atoms with Crippen LogP contribution in [0.25, 0.3) is 0 Å². The van der Waals surface area contributed by atoms with Crippen LogP contribution in [0.2, 0.25) is 0 Å². The van der Waals surface area contributed by atoms with Crippen LogP contribution in [0.15, 0.2) is 0 Å². The standard InChI is InChI=1S/C15H31NO2/c1-8-15(9-2,17-7)12(16)11-10-13(3,4)18-14(11,5)6/h11-12H,8-10,16H2,1-7H3. The first-order chi connectivity index (χ1) is 8.14. The van der Waals surface area contributed by atoms with Crippen LogP contribution in [-0.4, -0.2) is 30.0 Å². The largest absolute Gasteiger partial charge is 0.377 e. The predicted molar refractivity (Wildman–Crippen MR) is 75.6 cm³/mol. The Balaban J connectivity index is 2.99. The van der Waals surface area contributed by atoms with Crippen molar-refractivity contribution in [3.05, 3.63) is 0 Å². The van der Waals surface area contributed by atoms with Gasteiger partial charge in [-0.3, -0.25) is 0 Å². The highest BCUT2D eigenvalue weighted by Crippen LogP contribution is 2.46. The van der Waals surface area contributed by atoms with Gasteiger partial charge in [0.1, 0.15) is 0 Å². The molecular weight excluding hydrogens is 226 g/mol. The van der Waals surface area contributed by atoms with Crippen LogP contribution >= 0.6 is 0 Å². The van der Waals surface area contributed by atoms with Gasteiger partial charge in [0.2, 0.25) is 0 Å². The SMILES string of the molecule is CCC(CC)(OC)C(N)C1CC(C)(C)OC1(C)C. The van der Waals surface area contributed by atoms with Crippen LogP contribution in [0, 0.1) is 5.92 Å². The average molecular weight is 257 g/mol. The summed E-state index contributed by atoms with van der Waals surface area (Å²) in [5.74, 6) is 0.326. The lowest BCUT2D eigenvalue weighted by atomic mass is 9.73. The quantitative estimate of drug-likeness (QED) is 0.823. The summed E-state index contributed by atoms with van der Waals surface area (Å²) in [4.78, 5) is 0. The minimum absolute atomic E-state index is 0.00859. The topological polar surface area (TPSA) is 44.5 Å². The zero-order valence-corrected chi connectivity index (χ0v) is 13.2. The molecule has 1 rings (SSSR count). The van der Waals surface area contributed by atoms with Crippen molar-refractivity contribution < 1.29 is 9.47 Å². The molecule has 2 N–H and O–H groups in total. The molecule has 0 aromatic carbocycles. The second kappa shape index (κ2) is 5.10. The molecule has 0 bridgehead atoms. The Kier molecular flexibility index (Phi) is 4.52. The highest BCUT2D eigenvalue weighted by Gasteiger charge is 2.52. The summed E-state index contributed by atoms with van der Waals surface area (Å²) in [5.41, 5.74) is 6.08. The van der Waals surface area contributed by atoms with Crippen LogP contribution < -0.4 is 5.73 Å². The Bertz CT molecular complexity index is 274. The van der Waals surface area contributed by atoms with Gasteiger partial charge in [0.25, 0.3) is 0 Å². The van der Waals surface area contributed by atoms with Gasteiger partial charge in [-0.1, -0.05) is 13.8 Å². The van der Waals surface area contributed by atoms with Crippen LogP contribution in [0.4, 0.5) is 0 Å². The summed E-state index contributed by atoms with van der Waals surface area (Å²) in [6.07, 6.45) is 2.87. The number of methoxy groups -OCH3 is 1. The van der Waals surface area contributed by atoms with Crippen molar-refractivity contribution in [3.63, 3.8) is 0 Å². The number of hydrogen-bond donors (Lipinski definition) is 1. The van der Waals surface area contributed by atoms with Crippen molar-refractivity contribution >= 4 is 0 Å². The molecule has 2 unspecified atom stereocenters. The summed E-state index contributed by atoms with van der Waals surface area (Å²) in [5, 5.41) is 0. The molecule has 108 valence electrons. The van der Waals surface area contributed by atoms with Crippen molar-refractivity contribution in [3.8, 4) is 0 Å². The fraction of sp³-hybridized carbons (Fsp3) is 1.00. The maximum Gasteiger partial charge on any atom is 0.0827 e. The maximum atomic E-state index is 6.58. The van der Waals surface area contributed by atoms with Crippen molar-refractivity contribution in [1.29, 1.82) is 0 Å². The van der Waals surface area contributed by atoms with E-state index in [1.165, 1.54) is 0 Å². The molecule has 0 aromatic rings. The van der Waals surface area contributed by atoms with E-state index in [2.05, 4.69) is 41.5 Å². The van der Waals surface area contributed by atoms with Crippen LogP contribution in [0.3, 0.4) is 0 Å². The second-order valence-corrected chi connectivity index (χ2v) is 6.78. The minimum Gasteiger partial charge on any atom is -0.377 e. The maximum absolute atomic E-state index is 6.58. The third-order valence-corrected chi connectivity index (χ3v) is 4.79. The van der Waals surface area contributed by atoms with E-state index in [1.54, 1.807) is 7.11 Å². The van der Waals surface area contributed by atoms with Gasteiger partial charge in [-0.15, -0.1) is 0 Å².